The number of rotatable bonds is 3. The molecule has 1 saturated heterocycles. The predicted octanol–water partition coefficient (Wildman–Crippen LogP) is 2.74. The SMILES string of the molecule is CC1(C)CCC(CNC(=O)C2CC(F)(F)CN2)CC1.Cl. The second kappa shape index (κ2) is 6.56. The molecule has 2 aliphatic rings. The van der Waals surface area contributed by atoms with Crippen molar-refractivity contribution in [2.24, 2.45) is 11.3 Å². The van der Waals surface area contributed by atoms with Crippen LogP contribution in [0.25, 0.3) is 0 Å². The zero-order chi connectivity index (χ0) is 14.1. The molecule has 0 bridgehead atoms. The van der Waals surface area contributed by atoms with Gasteiger partial charge in [0, 0.05) is 13.0 Å². The summed E-state index contributed by atoms with van der Waals surface area (Å²) in [5.74, 6) is -2.52. The summed E-state index contributed by atoms with van der Waals surface area (Å²) in [4.78, 5) is 11.8. The molecule has 0 aromatic heterocycles. The summed E-state index contributed by atoms with van der Waals surface area (Å²) in [6.45, 7) is 4.78. The smallest absolute Gasteiger partial charge is 0.262 e. The van der Waals surface area contributed by atoms with Gasteiger partial charge in [-0.3, -0.25) is 10.1 Å². The van der Waals surface area contributed by atoms with Crippen LogP contribution in [-0.2, 0) is 4.79 Å². The van der Waals surface area contributed by atoms with Gasteiger partial charge in [-0.15, -0.1) is 12.4 Å². The van der Waals surface area contributed by atoms with E-state index in [9.17, 15) is 13.6 Å². The van der Waals surface area contributed by atoms with Crippen molar-refractivity contribution in [3.8, 4) is 0 Å². The molecule has 118 valence electrons. The molecule has 6 heteroatoms. The molecule has 3 nitrogen and oxygen atoms in total. The Morgan fingerprint density at radius 3 is 2.40 bits per heavy atom. The van der Waals surface area contributed by atoms with Crippen LogP contribution < -0.4 is 10.6 Å². The summed E-state index contributed by atoms with van der Waals surface area (Å²) in [5, 5.41) is 5.41. The highest BCUT2D eigenvalue weighted by Gasteiger charge is 2.42. The lowest BCUT2D eigenvalue weighted by molar-refractivity contribution is -0.123. The average molecular weight is 311 g/mol. The first-order valence-electron chi connectivity index (χ1n) is 7.16. The molecule has 2 N–H and O–H groups in total. The molecular weight excluding hydrogens is 286 g/mol. The van der Waals surface area contributed by atoms with Crippen molar-refractivity contribution in [2.45, 2.75) is 57.9 Å². The summed E-state index contributed by atoms with van der Waals surface area (Å²) in [5.41, 5.74) is 0.412. The topological polar surface area (TPSA) is 41.1 Å². The average Bonchev–Trinajstić information content (AvgIpc) is 2.68. The Balaban J connectivity index is 0.00000200. The molecule has 1 saturated carbocycles. The first kappa shape index (κ1) is 17.6. The number of halogens is 3. The Kier molecular flexibility index (Phi) is 5.79. The van der Waals surface area contributed by atoms with E-state index in [-0.39, 0.29) is 31.3 Å². The normalized spacial score (nSPS) is 28.7. The first-order chi connectivity index (χ1) is 8.77. The molecule has 1 amide bonds. The lowest BCUT2D eigenvalue weighted by Crippen LogP contribution is -2.42. The highest BCUT2D eigenvalue weighted by atomic mass is 35.5. The third-order valence-electron chi connectivity index (χ3n) is 4.45. The standard InChI is InChI=1S/C14H24F2N2O.ClH/c1-13(2)5-3-10(4-6-13)8-17-12(19)11-7-14(15,16)9-18-11;/h10-11,18H,3-9H2,1-2H3,(H,17,19);1H. The van der Waals surface area contributed by atoms with Gasteiger partial charge < -0.3 is 5.32 Å². The van der Waals surface area contributed by atoms with Gasteiger partial charge in [0.15, 0.2) is 0 Å². The number of hydrogen-bond donors (Lipinski definition) is 2. The number of carbonyl (C=O) groups excluding carboxylic acids is 1. The van der Waals surface area contributed by atoms with Crippen LogP contribution in [-0.4, -0.2) is 31.0 Å². The van der Waals surface area contributed by atoms with Crippen LogP contribution in [0.2, 0.25) is 0 Å². The molecule has 0 aromatic rings. The minimum atomic E-state index is -2.74. The molecule has 0 spiro atoms. The third-order valence-corrected chi connectivity index (χ3v) is 4.45. The van der Waals surface area contributed by atoms with E-state index in [1.54, 1.807) is 0 Å². The fraction of sp³-hybridized carbons (Fsp3) is 0.929. The van der Waals surface area contributed by atoms with Crippen LogP contribution in [0.3, 0.4) is 0 Å². The van der Waals surface area contributed by atoms with Gasteiger partial charge in [0.05, 0.1) is 12.6 Å². The van der Waals surface area contributed by atoms with Crippen molar-refractivity contribution in [1.82, 2.24) is 10.6 Å². The van der Waals surface area contributed by atoms with Crippen LogP contribution in [0.5, 0.6) is 0 Å². The lowest BCUT2D eigenvalue weighted by Gasteiger charge is -2.34. The summed E-state index contributed by atoms with van der Waals surface area (Å²) in [6.07, 6.45) is 4.19. The third kappa shape index (κ3) is 4.85. The second-order valence-corrected chi connectivity index (χ2v) is 6.85. The Hall–Kier alpha value is -0.420. The number of nitrogens with one attached hydrogen (secondary N) is 2. The second-order valence-electron chi connectivity index (χ2n) is 6.85. The minimum Gasteiger partial charge on any atom is -0.354 e. The van der Waals surface area contributed by atoms with Crippen molar-refractivity contribution in [2.75, 3.05) is 13.1 Å². The fourth-order valence-electron chi connectivity index (χ4n) is 2.93. The summed E-state index contributed by atoms with van der Waals surface area (Å²) in [7, 11) is 0. The van der Waals surface area contributed by atoms with Gasteiger partial charge in [-0.1, -0.05) is 13.8 Å². The van der Waals surface area contributed by atoms with Gasteiger partial charge in [0.1, 0.15) is 0 Å². The van der Waals surface area contributed by atoms with Crippen LogP contribution in [0.15, 0.2) is 0 Å². The largest absolute Gasteiger partial charge is 0.354 e. The fourth-order valence-corrected chi connectivity index (χ4v) is 2.93. The number of alkyl halides is 2. The van der Waals surface area contributed by atoms with Crippen molar-refractivity contribution >= 4 is 18.3 Å². The lowest BCUT2D eigenvalue weighted by atomic mass is 9.73. The quantitative estimate of drug-likeness (QED) is 0.841. The van der Waals surface area contributed by atoms with Gasteiger partial charge in [-0.2, -0.15) is 0 Å². The monoisotopic (exact) mass is 310 g/mol. The van der Waals surface area contributed by atoms with E-state index in [0.29, 0.717) is 17.9 Å². The zero-order valence-electron chi connectivity index (χ0n) is 12.2. The van der Waals surface area contributed by atoms with Crippen molar-refractivity contribution in [1.29, 1.82) is 0 Å². The predicted molar refractivity (Wildman–Crippen MR) is 77.4 cm³/mol. The van der Waals surface area contributed by atoms with Gasteiger partial charge in [-0.25, -0.2) is 8.78 Å². The Morgan fingerprint density at radius 2 is 1.90 bits per heavy atom. The zero-order valence-corrected chi connectivity index (χ0v) is 13.0. The van der Waals surface area contributed by atoms with Crippen LogP contribution in [0.4, 0.5) is 8.78 Å². The van der Waals surface area contributed by atoms with Crippen LogP contribution in [0.1, 0.15) is 46.0 Å². The Labute approximate surface area is 125 Å². The van der Waals surface area contributed by atoms with E-state index in [4.69, 9.17) is 0 Å². The van der Waals surface area contributed by atoms with Crippen molar-refractivity contribution in [3.05, 3.63) is 0 Å². The van der Waals surface area contributed by atoms with E-state index < -0.39 is 12.0 Å². The number of amides is 1. The van der Waals surface area contributed by atoms with Gasteiger partial charge in [0.2, 0.25) is 5.91 Å². The minimum absolute atomic E-state index is 0. The Bertz CT molecular complexity index is 340. The van der Waals surface area contributed by atoms with E-state index >= 15 is 0 Å². The highest BCUT2D eigenvalue weighted by Crippen LogP contribution is 2.37. The summed E-state index contributed by atoms with van der Waals surface area (Å²) < 4.78 is 26.0. The summed E-state index contributed by atoms with van der Waals surface area (Å²) in [6, 6.07) is -0.727. The van der Waals surface area contributed by atoms with Crippen LogP contribution in [0, 0.1) is 11.3 Å². The van der Waals surface area contributed by atoms with Gasteiger partial charge >= 0.3 is 0 Å². The van der Waals surface area contributed by atoms with Gasteiger partial charge in [0.25, 0.3) is 5.92 Å². The van der Waals surface area contributed by atoms with Crippen molar-refractivity contribution < 1.29 is 13.6 Å². The molecule has 1 unspecified atom stereocenters. The van der Waals surface area contributed by atoms with E-state index in [0.717, 1.165) is 12.8 Å². The molecule has 2 fully saturated rings. The van der Waals surface area contributed by atoms with E-state index in [1.165, 1.54) is 12.8 Å². The number of carbonyl (C=O) groups is 1. The van der Waals surface area contributed by atoms with E-state index in [1.807, 2.05) is 0 Å². The highest BCUT2D eigenvalue weighted by molar-refractivity contribution is 5.85. The Morgan fingerprint density at radius 1 is 1.30 bits per heavy atom. The molecule has 1 heterocycles. The molecule has 1 atom stereocenters. The maximum Gasteiger partial charge on any atom is 0.262 e. The maximum absolute atomic E-state index is 13.0. The molecule has 2 rings (SSSR count). The molecule has 0 radical (unpaired) electrons. The molecule has 20 heavy (non-hydrogen) atoms. The molecule has 0 aromatic carbocycles. The van der Waals surface area contributed by atoms with E-state index in [2.05, 4.69) is 24.5 Å². The molecule has 1 aliphatic carbocycles. The molecular formula is C14H25ClF2N2O. The van der Waals surface area contributed by atoms with Crippen LogP contribution >= 0.6 is 12.4 Å². The maximum atomic E-state index is 13.0. The number of hydrogen-bond acceptors (Lipinski definition) is 2. The van der Waals surface area contributed by atoms with Gasteiger partial charge in [-0.05, 0) is 37.0 Å². The van der Waals surface area contributed by atoms with Crippen molar-refractivity contribution in [3.63, 3.8) is 0 Å². The summed E-state index contributed by atoms with van der Waals surface area (Å²) >= 11 is 0. The molecule has 1 aliphatic heterocycles. The first-order valence-corrected chi connectivity index (χ1v) is 7.16.